The summed E-state index contributed by atoms with van der Waals surface area (Å²) in [7, 11) is 0. The van der Waals surface area contributed by atoms with Crippen LogP contribution in [0.1, 0.15) is 10.4 Å². The molecule has 102 valence electrons. The number of amides is 1. The molecule has 1 N–H and O–H groups in total. The minimum atomic E-state index is -0.472. The Morgan fingerprint density at radius 2 is 1.80 bits per heavy atom. The van der Waals surface area contributed by atoms with Crippen LogP contribution in [0.4, 0.5) is 11.4 Å². The molecule has 0 saturated heterocycles. The molecular weight excluding hydrogens is 323 g/mol. The van der Waals surface area contributed by atoms with Crippen molar-refractivity contribution in [3.63, 3.8) is 0 Å². The number of non-ortho nitro benzene ring substituents is 1. The third-order valence-corrected chi connectivity index (χ3v) is 4.36. The zero-order valence-corrected chi connectivity index (χ0v) is 12.4. The molecule has 0 aliphatic carbocycles. The van der Waals surface area contributed by atoms with Gasteiger partial charge in [0, 0.05) is 0 Å². The fraction of sp³-hybridized carbons (Fsp3) is 0.0714. The molecule has 2 rings (SSSR count). The van der Waals surface area contributed by atoms with E-state index < -0.39 is 4.92 Å². The minimum absolute atomic E-state index is 0.000269. The van der Waals surface area contributed by atoms with Crippen molar-refractivity contribution in [3.05, 3.63) is 64.2 Å². The molecule has 0 bridgehead atoms. The van der Waals surface area contributed by atoms with Crippen molar-refractivity contribution in [2.75, 3.05) is 5.32 Å². The van der Waals surface area contributed by atoms with Gasteiger partial charge in [0.25, 0.3) is 0 Å². The Bertz CT molecular complexity index is 641. The zero-order valence-electron chi connectivity index (χ0n) is 10.7. The van der Waals surface area contributed by atoms with E-state index in [1.165, 1.54) is 24.3 Å². The Kier molecular flexibility index (Phi) is 4.50. The summed E-state index contributed by atoms with van der Waals surface area (Å²) >= 11 is 0.226. The molecule has 5 nitrogen and oxygen atoms in total. The first-order chi connectivity index (χ1) is 9.61. The van der Waals surface area contributed by atoms with E-state index in [0.717, 1.165) is 4.46 Å². The topological polar surface area (TPSA) is 72.2 Å². The summed E-state index contributed by atoms with van der Waals surface area (Å²) in [5.74, 6) is 1.85. The first-order valence-electron chi connectivity index (χ1n) is 5.80. The van der Waals surface area contributed by atoms with Crippen molar-refractivity contribution in [2.45, 2.75) is 5.82 Å². The van der Waals surface area contributed by atoms with Gasteiger partial charge in [-0.25, -0.2) is 0 Å². The standard InChI is InChI=1S/C14H12N2O3Se/c1-20-13-5-3-2-4-12(13)14(17)15-10-6-8-11(9-7-10)16(18)19/h2-9H,1H3,(H,15,17). The molecule has 1 amide bonds. The van der Waals surface area contributed by atoms with Crippen LogP contribution < -0.4 is 9.78 Å². The van der Waals surface area contributed by atoms with E-state index in [1.54, 1.807) is 6.07 Å². The predicted octanol–water partition coefficient (Wildman–Crippen LogP) is 2.22. The van der Waals surface area contributed by atoms with Crippen LogP contribution in [0.2, 0.25) is 5.82 Å². The summed E-state index contributed by atoms with van der Waals surface area (Å²) < 4.78 is 1.03. The molecule has 0 radical (unpaired) electrons. The SMILES string of the molecule is C[Se]c1ccccc1C(=O)Nc1ccc([N+](=O)[O-])cc1. The number of hydrogen-bond donors (Lipinski definition) is 1. The van der Waals surface area contributed by atoms with Crippen molar-refractivity contribution in [1.29, 1.82) is 0 Å². The Hall–Kier alpha value is -2.17. The summed E-state index contributed by atoms with van der Waals surface area (Å²) in [6, 6.07) is 13.2. The van der Waals surface area contributed by atoms with Gasteiger partial charge in [-0.05, 0) is 0 Å². The summed E-state index contributed by atoms with van der Waals surface area (Å²) in [4.78, 5) is 22.3. The second-order valence-electron chi connectivity index (χ2n) is 3.96. The van der Waals surface area contributed by atoms with E-state index in [2.05, 4.69) is 5.32 Å². The van der Waals surface area contributed by atoms with Gasteiger partial charge in [0.1, 0.15) is 0 Å². The second-order valence-corrected chi connectivity index (χ2v) is 5.74. The molecule has 0 fully saturated rings. The summed E-state index contributed by atoms with van der Waals surface area (Å²) in [6.45, 7) is 0. The van der Waals surface area contributed by atoms with Crippen LogP contribution in [0.25, 0.3) is 0 Å². The first kappa shape index (κ1) is 14.2. The van der Waals surface area contributed by atoms with Crippen molar-refractivity contribution in [2.24, 2.45) is 0 Å². The van der Waals surface area contributed by atoms with E-state index in [-0.39, 0.29) is 26.6 Å². The number of benzene rings is 2. The van der Waals surface area contributed by atoms with Crippen molar-refractivity contribution in [3.8, 4) is 0 Å². The normalized spacial score (nSPS) is 10.1. The second kappa shape index (κ2) is 6.32. The summed E-state index contributed by atoms with van der Waals surface area (Å²) in [6.07, 6.45) is 0. The fourth-order valence-electron chi connectivity index (χ4n) is 1.70. The Morgan fingerprint density at radius 1 is 1.15 bits per heavy atom. The number of nitro groups is 1. The van der Waals surface area contributed by atoms with Gasteiger partial charge in [0.2, 0.25) is 0 Å². The van der Waals surface area contributed by atoms with Crippen molar-refractivity contribution < 1.29 is 9.72 Å². The summed E-state index contributed by atoms with van der Waals surface area (Å²) in [5, 5.41) is 13.3. The molecule has 0 aliphatic rings. The van der Waals surface area contributed by atoms with E-state index in [9.17, 15) is 14.9 Å². The van der Waals surface area contributed by atoms with Crippen LogP contribution in [-0.4, -0.2) is 25.8 Å². The van der Waals surface area contributed by atoms with Gasteiger partial charge in [-0.15, -0.1) is 0 Å². The van der Waals surface area contributed by atoms with Crippen molar-refractivity contribution in [1.82, 2.24) is 0 Å². The van der Waals surface area contributed by atoms with Gasteiger partial charge < -0.3 is 0 Å². The molecule has 6 heteroatoms. The number of nitrogens with one attached hydrogen (secondary N) is 1. The van der Waals surface area contributed by atoms with Gasteiger partial charge in [-0.3, -0.25) is 0 Å². The van der Waals surface area contributed by atoms with E-state index in [0.29, 0.717) is 11.3 Å². The van der Waals surface area contributed by atoms with Crippen LogP contribution in [-0.2, 0) is 0 Å². The number of rotatable bonds is 4. The summed E-state index contributed by atoms with van der Waals surface area (Å²) in [5.41, 5.74) is 1.19. The van der Waals surface area contributed by atoms with Crippen molar-refractivity contribution >= 4 is 36.7 Å². The third-order valence-electron chi connectivity index (χ3n) is 2.69. The first-order valence-corrected chi connectivity index (χ1v) is 8.37. The molecule has 0 atom stereocenters. The number of anilines is 1. The molecule has 0 heterocycles. The van der Waals surface area contributed by atoms with Crippen LogP contribution in [0.15, 0.2) is 48.5 Å². The molecule has 2 aromatic carbocycles. The Morgan fingerprint density at radius 3 is 2.40 bits per heavy atom. The number of hydrogen-bond acceptors (Lipinski definition) is 3. The average Bonchev–Trinajstić information content (AvgIpc) is 2.47. The fourth-order valence-corrected chi connectivity index (χ4v) is 2.95. The van der Waals surface area contributed by atoms with Gasteiger partial charge in [-0.1, -0.05) is 0 Å². The van der Waals surface area contributed by atoms with Crippen LogP contribution in [0.3, 0.4) is 0 Å². The van der Waals surface area contributed by atoms with Crippen LogP contribution >= 0.6 is 0 Å². The Labute approximate surface area is 122 Å². The predicted molar refractivity (Wildman–Crippen MR) is 78.7 cm³/mol. The quantitative estimate of drug-likeness (QED) is 0.529. The van der Waals surface area contributed by atoms with Gasteiger partial charge in [0.05, 0.1) is 0 Å². The van der Waals surface area contributed by atoms with E-state index in [1.807, 2.05) is 24.0 Å². The van der Waals surface area contributed by atoms with Gasteiger partial charge >= 0.3 is 122 Å². The maximum absolute atomic E-state index is 12.2. The monoisotopic (exact) mass is 336 g/mol. The number of carbonyl (C=O) groups excluding carboxylic acids is 1. The Balaban J connectivity index is 2.17. The zero-order chi connectivity index (χ0) is 14.5. The van der Waals surface area contributed by atoms with Gasteiger partial charge in [-0.2, -0.15) is 0 Å². The van der Waals surface area contributed by atoms with E-state index >= 15 is 0 Å². The van der Waals surface area contributed by atoms with Gasteiger partial charge in [0.15, 0.2) is 0 Å². The van der Waals surface area contributed by atoms with E-state index in [4.69, 9.17) is 0 Å². The average molecular weight is 335 g/mol. The molecule has 0 aromatic heterocycles. The molecular formula is C14H12N2O3Se. The molecule has 0 saturated carbocycles. The molecule has 2 aromatic rings. The maximum atomic E-state index is 12.2. The number of nitrogens with zero attached hydrogens (tertiary/aromatic N) is 1. The molecule has 0 aliphatic heterocycles. The van der Waals surface area contributed by atoms with Crippen LogP contribution in [0, 0.1) is 10.1 Å². The van der Waals surface area contributed by atoms with Crippen LogP contribution in [0.5, 0.6) is 0 Å². The molecule has 0 unspecified atom stereocenters. The number of carbonyl (C=O) groups is 1. The molecule has 0 spiro atoms. The molecule has 20 heavy (non-hydrogen) atoms. The number of nitro benzene ring substituents is 1. The third kappa shape index (κ3) is 3.23.